The number of nitro groups is 1. The number of aromatic nitrogens is 2. The number of ether oxygens (including phenoxy) is 1. The molecule has 27 heavy (non-hydrogen) atoms. The molecule has 1 heterocycles. The predicted octanol–water partition coefficient (Wildman–Crippen LogP) is 4.39. The van der Waals surface area contributed by atoms with Crippen LogP contribution in [0.4, 0.5) is 11.4 Å². The summed E-state index contributed by atoms with van der Waals surface area (Å²) in [5.74, 6) is -0.277. The highest BCUT2D eigenvalue weighted by atomic mass is 35.5. The smallest absolute Gasteiger partial charge is 0.292 e. The minimum atomic E-state index is -0.584. The Labute approximate surface area is 163 Å². The average Bonchev–Trinajstić information content (AvgIpc) is 3.11. The molecule has 2 aromatic carbocycles. The molecule has 0 saturated heterocycles. The molecular weight excluding hydrogens is 395 g/mol. The van der Waals surface area contributed by atoms with Gasteiger partial charge in [-0.25, -0.2) is 4.68 Å². The van der Waals surface area contributed by atoms with E-state index in [-0.39, 0.29) is 23.8 Å². The number of benzene rings is 2. The number of hydrogen-bond donors (Lipinski definition) is 1. The third-order valence-electron chi connectivity index (χ3n) is 3.48. The highest BCUT2D eigenvalue weighted by Gasteiger charge is 2.17. The molecule has 1 aromatic heterocycles. The maximum atomic E-state index is 12.3. The van der Waals surface area contributed by atoms with Gasteiger partial charge in [0.15, 0.2) is 18.2 Å². The van der Waals surface area contributed by atoms with Gasteiger partial charge in [0.25, 0.3) is 11.6 Å². The van der Waals surface area contributed by atoms with Gasteiger partial charge in [-0.2, -0.15) is 5.10 Å². The largest absolute Gasteiger partial charge is 0.468 e. The van der Waals surface area contributed by atoms with Crippen LogP contribution in [-0.2, 0) is 6.73 Å². The summed E-state index contributed by atoms with van der Waals surface area (Å²) >= 11 is 12.0. The lowest BCUT2D eigenvalue weighted by Crippen LogP contribution is -2.15. The molecule has 0 bridgehead atoms. The number of carbonyl (C=O) groups excluding carboxylic acids is 1. The molecule has 0 aliphatic heterocycles. The second kappa shape index (κ2) is 8.07. The van der Waals surface area contributed by atoms with Crippen LogP contribution in [0.5, 0.6) is 5.75 Å². The van der Waals surface area contributed by atoms with Crippen LogP contribution in [0.1, 0.15) is 10.5 Å². The van der Waals surface area contributed by atoms with Crippen molar-refractivity contribution in [1.82, 2.24) is 9.78 Å². The number of hydrogen-bond acceptors (Lipinski definition) is 5. The van der Waals surface area contributed by atoms with Crippen LogP contribution >= 0.6 is 23.2 Å². The molecule has 3 aromatic rings. The van der Waals surface area contributed by atoms with Crippen LogP contribution in [-0.4, -0.2) is 20.6 Å². The molecule has 10 heteroatoms. The van der Waals surface area contributed by atoms with E-state index in [1.165, 1.54) is 35.1 Å². The van der Waals surface area contributed by atoms with Crippen LogP contribution in [0.25, 0.3) is 0 Å². The highest BCUT2D eigenvalue weighted by molar-refractivity contribution is 6.37. The Bertz CT molecular complexity index is 986. The molecular formula is C17H12Cl2N4O4. The van der Waals surface area contributed by atoms with E-state index >= 15 is 0 Å². The lowest BCUT2D eigenvalue weighted by atomic mass is 10.2. The quantitative estimate of drug-likeness (QED) is 0.483. The van der Waals surface area contributed by atoms with Gasteiger partial charge in [-0.1, -0.05) is 41.4 Å². The van der Waals surface area contributed by atoms with Gasteiger partial charge in [0.05, 0.1) is 15.0 Å². The summed E-state index contributed by atoms with van der Waals surface area (Å²) in [6.45, 7) is -0.0256. The minimum Gasteiger partial charge on any atom is -0.468 e. The molecule has 0 spiro atoms. The van der Waals surface area contributed by atoms with Gasteiger partial charge in [0.2, 0.25) is 0 Å². The number of rotatable bonds is 6. The van der Waals surface area contributed by atoms with E-state index in [0.29, 0.717) is 15.8 Å². The summed E-state index contributed by atoms with van der Waals surface area (Å²) in [4.78, 5) is 22.7. The molecule has 1 amide bonds. The van der Waals surface area contributed by atoms with E-state index in [0.717, 1.165) is 0 Å². The van der Waals surface area contributed by atoms with Crippen LogP contribution in [0.2, 0.25) is 10.0 Å². The van der Waals surface area contributed by atoms with E-state index in [1.807, 2.05) is 0 Å². The fourth-order valence-corrected chi connectivity index (χ4v) is 2.74. The van der Waals surface area contributed by atoms with E-state index in [2.05, 4.69) is 10.4 Å². The van der Waals surface area contributed by atoms with Crippen molar-refractivity contribution < 1.29 is 14.5 Å². The van der Waals surface area contributed by atoms with Crippen LogP contribution in [0.3, 0.4) is 0 Å². The first-order valence-corrected chi connectivity index (χ1v) is 8.36. The number of nitrogens with one attached hydrogen (secondary N) is 1. The van der Waals surface area contributed by atoms with E-state index in [9.17, 15) is 14.9 Å². The Balaban J connectivity index is 1.69. The zero-order chi connectivity index (χ0) is 19.4. The Hall–Kier alpha value is -3.10. The van der Waals surface area contributed by atoms with Gasteiger partial charge < -0.3 is 10.1 Å². The minimum absolute atomic E-state index is 0.0256. The van der Waals surface area contributed by atoms with Gasteiger partial charge in [0.1, 0.15) is 5.69 Å². The highest BCUT2D eigenvalue weighted by Crippen LogP contribution is 2.32. The maximum absolute atomic E-state index is 12.3. The summed E-state index contributed by atoms with van der Waals surface area (Å²) in [6.07, 6.45) is 1.53. The maximum Gasteiger partial charge on any atom is 0.292 e. The van der Waals surface area contributed by atoms with Crippen LogP contribution in [0, 0.1) is 10.1 Å². The second-order valence-corrected chi connectivity index (χ2v) is 6.11. The second-order valence-electron chi connectivity index (χ2n) is 5.29. The summed E-state index contributed by atoms with van der Waals surface area (Å²) in [5, 5.41) is 18.3. The van der Waals surface area contributed by atoms with Gasteiger partial charge in [-0.3, -0.25) is 14.9 Å². The van der Waals surface area contributed by atoms with Crippen molar-refractivity contribution >= 4 is 40.5 Å². The van der Waals surface area contributed by atoms with Crippen LogP contribution < -0.4 is 10.1 Å². The number of carbonyl (C=O) groups is 1. The SMILES string of the molecule is O=C(Nc1ccccc1[N+](=O)[O-])c1ccn(COc2c(Cl)cccc2Cl)n1. The predicted molar refractivity (Wildman–Crippen MR) is 100 cm³/mol. The Morgan fingerprint density at radius 2 is 1.85 bits per heavy atom. The number of anilines is 1. The molecule has 0 saturated carbocycles. The molecule has 0 aliphatic rings. The topological polar surface area (TPSA) is 99.3 Å². The molecule has 0 fully saturated rings. The van der Waals surface area contributed by atoms with Crippen molar-refractivity contribution in [3.05, 3.63) is 80.6 Å². The molecule has 8 nitrogen and oxygen atoms in total. The first-order valence-electron chi connectivity index (χ1n) is 7.61. The standard InChI is InChI=1S/C17H12Cl2N4O4/c18-11-4-3-5-12(19)16(11)27-10-22-9-8-14(21-22)17(24)20-13-6-1-2-7-15(13)23(25)26/h1-9H,10H2,(H,20,24). The zero-order valence-electron chi connectivity index (χ0n) is 13.6. The summed E-state index contributed by atoms with van der Waals surface area (Å²) in [6, 6.07) is 12.3. The number of halogens is 2. The molecule has 0 atom stereocenters. The van der Waals surface area contributed by atoms with Crippen molar-refractivity contribution in [1.29, 1.82) is 0 Å². The van der Waals surface area contributed by atoms with Crippen molar-refractivity contribution in [2.45, 2.75) is 6.73 Å². The number of nitro benzene ring substituents is 1. The van der Waals surface area contributed by atoms with E-state index in [4.69, 9.17) is 27.9 Å². The number of nitrogens with zero attached hydrogens (tertiary/aromatic N) is 3. The first kappa shape index (κ1) is 18.7. The third-order valence-corrected chi connectivity index (χ3v) is 4.08. The Morgan fingerprint density at radius 1 is 1.15 bits per heavy atom. The Kier molecular flexibility index (Phi) is 5.58. The van der Waals surface area contributed by atoms with E-state index in [1.54, 1.807) is 24.3 Å². The molecule has 0 unspecified atom stereocenters. The van der Waals surface area contributed by atoms with Crippen molar-refractivity contribution in [2.24, 2.45) is 0 Å². The van der Waals surface area contributed by atoms with Crippen molar-refractivity contribution in [2.75, 3.05) is 5.32 Å². The average molecular weight is 407 g/mol. The van der Waals surface area contributed by atoms with Crippen molar-refractivity contribution in [3.8, 4) is 5.75 Å². The number of amides is 1. The first-order chi connectivity index (χ1) is 13.0. The molecule has 3 rings (SSSR count). The zero-order valence-corrected chi connectivity index (χ0v) is 15.1. The van der Waals surface area contributed by atoms with Crippen molar-refractivity contribution in [3.63, 3.8) is 0 Å². The third kappa shape index (κ3) is 4.36. The van der Waals surface area contributed by atoms with Crippen LogP contribution in [0.15, 0.2) is 54.7 Å². The van der Waals surface area contributed by atoms with E-state index < -0.39 is 10.8 Å². The summed E-state index contributed by atoms with van der Waals surface area (Å²) < 4.78 is 6.90. The monoisotopic (exact) mass is 406 g/mol. The summed E-state index contributed by atoms with van der Waals surface area (Å²) in [5.41, 5.74) is -0.0508. The normalized spacial score (nSPS) is 10.4. The Morgan fingerprint density at radius 3 is 2.56 bits per heavy atom. The molecule has 0 radical (unpaired) electrons. The van der Waals surface area contributed by atoms with Gasteiger partial charge in [-0.15, -0.1) is 0 Å². The molecule has 138 valence electrons. The van der Waals surface area contributed by atoms with Gasteiger partial charge in [-0.05, 0) is 24.3 Å². The number of para-hydroxylation sites is 3. The summed E-state index contributed by atoms with van der Waals surface area (Å²) in [7, 11) is 0. The van der Waals surface area contributed by atoms with Gasteiger partial charge in [0, 0.05) is 12.3 Å². The fraction of sp³-hybridized carbons (Fsp3) is 0.0588. The lowest BCUT2D eigenvalue weighted by Gasteiger charge is -2.09. The molecule has 0 aliphatic carbocycles. The van der Waals surface area contributed by atoms with Gasteiger partial charge >= 0.3 is 0 Å². The lowest BCUT2D eigenvalue weighted by molar-refractivity contribution is -0.383. The fourth-order valence-electron chi connectivity index (χ4n) is 2.23. The molecule has 1 N–H and O–H groups in total.